The first-order valence-electron chi connectivity index (χ1n) is 12.4. The normalized spacial score (nSPS) is 16.8. The minimum Gasteiger partial charge on any atom is -0.497 e. The average molecular weight is 530 g/mol. The maximum absolute atomic E-state index is 11.8. The van der Waals surface area contributed by atoms with Crippen molar-refractivity contribution in [1.82, 2.24) is 9.88 Å². The van der Waals surface area contributed by atoms with Crippen molar-refractivity contribution in [2.75, 3.05) is 32.5 Å². The van der Waals surface area contributed by atoms with E-state index in [0.29, 0.717) is 18.6 Å². The molecule has 1 aliphatic rings. The summed E-state index contributed by atoms with van der Waals surface area (Å²) in [5.41, 5.74) is 8.04. The molecule has 1 saturated heterocycles. The Balaban J connectivity index is 1.43. The lowest BCUT2D eigenvalue weighted by atomic mass is 9.71. The number of hydrogen-bond donors (Lipinski definition) is 3. The topological polar surface area (TPSA) is 109 Å². The molecule has 36 heavy (non-hydrogen) atoms. The second kappa shape index (κ2) is 12.4. The molecule has 1 aromatic carbocycles. The smallest absolute Gasteiger partial charge is 0.303 e. The molecule has 0 spiro atoms. The van der Waals surface area contributed by atoms with E-state index >= 15 is 0 Å². The van der Waals surface area contributed by atoms with Crippen LogP contribution in [-0.4, -0.2) is 58.6 Å². The number of carboxylic acids is 1. The number of likely N-dealkylation sites (tertiary alicyclic amines) is 1. The van der Waals surface area contributed by atoms with Crippen molar-refractivity contribution in [2.45, 2.75) is 49.0 Å². The molecule has 4 N–H and O–H groups in total. The molecule has 9 heteroatoms. The fraction of sp³-hybridized carbons (Fsp3) is 0.481. The summed E-state index contributed by atoms with van der Waals surface area (Å²) in [6.45, 7) is 3.04. The van der Waals surface area contributed by atoms with Crippen molar-refractivity contribution < 1.29 is 19.7 Å². The van der Waals surface area contributed by atoms with Crippen LogP contribution in [0.2, 0.25) is 0 Å². The number of hydrogen-bond acceptors (Lipinski definition) is 8. The number of aliphatic hydroxyl groups is 1. The Labute approximate surface area is 220 Å². The summed E-state index contributed by atoms with van der Waals surface area (Å²) in [6, 6.07) is 9.84. The third-order valence-electron chi connectivity index (χ3n) is 7.29. The number of thioether (sulfide) groups is 1. The first-order chi connectivity index (χ1) is 17.4. The highest BCUT2D eigenvalue weighted by Gasteiger charge is 2.37. The van der Waals surface area contributed by atoms with Crippen molar-refractivity contribution in [2.24, 2.45) is 11.1 Å². The van der Waals surface area contributed by atoms with Gasteiger partial charge in [0.2, 0.25) is 0 Å². The number of benzene rings is 1. The summed E-state index contributed by atoms with van der Waals surface area (Å²) in [5, 5.41) is 24.0. The molecular weight excluding hydrogens is 494 g/mol. The molecule has 0 amide bonds. The number of carbonyl (C=O) groups is 1. The molecule has 1 atom stereocenters. The molecular formula is C27H35N3O4S2. The van der Waals surface area contributed by atoms with Gasteiger partial charge in [0.15, 0.2) is 0 Å². The van der Waals surface area contributed by atoms with Crippen LogP contribution >= 0.6 is 23.1 Å². The zero-order chi connectivity index (χ0) is 25.5. The number of thiophene rings is 1. The zero-order valence-corrected chi connectivity index (χ0v) is 22.3. The Bertz CT molecular complexity index is 1140. The number of rotatable bonds is 12. The number of nitrogens with two attached hydrogens (primary N) is 1. The van der Waals surface area contributed by atoms with Crippen molar-refractivity contribution in [3.8, 4) is 5.75 Å². The molecule has 0 saturated carbocycles. The lowest BCUT2D eigenvalue weighted by Gasteiger charge is -2.41. The fourth-order valence-corrected chi connectivity index (χ4v) is 7.07. The molecule has 3 heterocycles. The van der Waals surface area contributed by atoms with Crippen LogP contribution in [0.5, 0.6) is 5.75 Å². The van der Waals surface area contributed by atoms with E-state index in [-0.39, 0.29) is 18.4 Å². The number of piperidine rings is 1. The van der Waals surface area contributed by atoms with Gasteiger partial charge in [-0.05, 0) is 85.0 Å². The Morgan fingerprint density at radius 2 is 2.14 bits per heavy atom. The van der Waals surface area contributed by atoms with Crippen molar-refractivity contribution in [3.05, 3.63) is 53.0 Å². The molecule has 1 unspecified atom stereocenters. The predicted octanol–water partition coefficient (Wildman–Crippen LogP) is 4.93. The highest BCUT2D eigenvalue weighted by atomic mass is 32.2. The van der Waals surface area contributed by atoms with Crippen LogP contribution in [0, 0.1) is 5.41 Å². The second-order valence-corrected chi connectivity index (χ2v) is 11.9. The number of carboxylic acid groups (broad SMARTS) is 1. The maximum Gasteiger partial charge on any atom is 0.303 e. The van der Waals surface area contributed by atoms with E-state index in [2.05, 4.69) is 27.4 Å². The second-order valence-electron chi connectivity index (χ2n) is 9.53. The van der Waals surface area contributed by atoms with E-state index in [9.17, 15) is 15.0 Å². The van der Waals surface area contributed by atoms with Crippen LogP contribution in [0.4, 0.5) is 0 Å². The standard InChI is InChI=1S/C27H35N3O4S2/c1-34-20-4-5-22-21(15-20)26(19(17-28)18-29-22)23(31)6-7-27(16-24(32)33)8-10-30(11-9-27)12-14-36-25-3-2-13-35-25/h2-5,13,15,18,23,31H,6-12,14,16-17,28H2,1H3,(H,32,33). The molecule has 7 nitrogen and oxygen atoms in total. The SMILES string of the molecule is COc1ccc2ncc(CN)c(C(O)CCC3(CC(=O)O)CCN(CCSc4cccs4)CC3)c2c1. The van der Waals surface area contributed by atoms with Gasteiger partial charge >= 0.3 is 5.97 Å². The van der Waals surface area contributed by atoms with Crippen LogP contribution in [0.25, 0.3) is 10.9 Å². The summed E-state index contributed by atoms with van der Waals surface area (Å²) < 4.78 is 6.73. The van der Waals surface area contributed by atoms with Gasteiger partial charge in [0, 0.05) is 30.4 Å². The van der Waals surface area contributed by atoms with Crippen LogP contribution in [0.3, 0.4) is 0 Å². The third kappa shape index (κ3) is 6.58. The van der Waals surface area contributed by atoms with Gasteiger partial charge in [0.05, 0.1) is 29.4 Å². The zero-order valence-electron chi connectivity index (χ0n) is 20.7. The number of aliphatic hydroxyl groups excluding tert-OH is 1. The molecule has 194 valence electrons. The van der Waals surface area contributed by atoms with Crippen molar-refractivity contribution >= 4 is 40.0 Å². The van der Waals surface area contributed by atoms with Gasteiger partial charge in [-0.15, -0.1) is 23.1 Å². The summed E-state index contributed by atoms with van der Waals surface area (Å²) in [4.78, 5) is 18.7. The molecule has 1 aliphatic heterocycles. The van der Waals surface area contributed by atoms with Crippen molar-refractivity contribution in [3.63, 3.8) is 0 Å². The molecule has 0 radical (unpaired) electrons. The fourth-order valence-electron chi connectivity index (χ4n) is 5.21. The predicted molar refractivity (Wildman–Crippen MR) is 146 cm³/mol. The van der Waals surface area contributed by atoms with E-state index in [0.717, 1.165) is 60.3 Å². The first-order valence-corrected chi connectivity index (χ1v) is 14.2. The summed E-state index contributed by atoms with van der Waals surface area (Å²) in [5.74, 6) is 0.956. The lowest BCUT2D eigenvalue weighted by molar-refractivity contribution is -0.141. The van der Waals surface area contributed by atoms with Crippen LogP contribution in [-0.2, 0) is 11.3 Å². The largest absolute Gasteiger partial charge is 0.497 e. The Kier molecular flexibility index (Phi) is 9.25. The van der Waals surface area contributed by atoms with Crippen LogP contribution in [0.15, 0.2) is 46.1 Å². The van der Waals surface area contributed by atoms with Crippen molar-refractivity contribution in [1.29, 1.82) is 0 Å². The monoisotopic (exact) mass is 529 g/mol. The molecule has 0 aliphatic carbocycles. The highest BCUT2D eigenvalue weighted by Crippen LogP contribution is 2.42. The van der Waals surface area contributed by atoms with Gasteiger partial charge in [-0.25, -0.2) is 0 Å². The molecule has 0 bridgehead atoms. The summed E-state index contributed by atoms with van der Waals surface area (Å²) in [6.07, 6.45) is 3.88. The number of methoxy groups -OCH3 is 1. The average Bonchev–Trinajstić information content (AvgIpc) is 3.40. The molecule has 2 aromatic heterocycles. The molecule has 1 fully saturated rings. The number of nitrogens with zero attached hydrogens (tertiary/aromatic N) is 2. The van der Waals surface area contributed by atoms with Gasteiger partial charge in [-0.1, -0.05) is 6.07 Å². The Morgan fingerprint density at radius 3 is 2.81 bits per heavy atom. The van der Waals surface area contributed by atoms with E-state index in [1.54, 1.807) is 24.6 Å². The van der Waals surface area contributed by atoms with Crippen LogP contribution in [0.1, 0.15) is 49.3 Å². The van der Waals surface area contributed by atoms with E-state index in [4.69, 9.17) is 10.5 Å². The van der Waals surface area contributed by atoms with Crippen LogP contribution < -0.4 is 10.5 Å². The molecule has 3 aromatic rings. The number of aliphatic carboxylic acids is 1. The minimum atomic E-state index is -0.770. The Morgan fingerprint density at radius 1 is 1.33 bits per heavy atom. The number of pyridine rings is 1. The lowest BCUT2D eigenvalue weighted by Crippen LogP contribution is -2.42. The van der Waals surface area contributed by atoms with Gasteiger partial charge in [0.25, 0.3) is 0 Å². The number of ether oxygens (including phenoxy) is 1. The Hall–Kier alpha value is -2.17. The van der Waals surface area contributed by atoms with Gasteiger partial charge < -0.3 is 25.6 Å². The highest BCUT2D eigenvalue weighted by molar-refractivity contribution is 8.01. The minimum absolute atomic E-state index is 0.131. The number of aromatic nitrogens is 1. The van der Waals surface area contributed by atoms with Gasteiger partial charge in [-0.3, -0.25) is 9.78 Å². The quantitative estimate of drug-likeness (QED) is 0.284. The maximum atomic E-state index is 11.8. The van der Waals surface area contributed by atoms with E-state index in [1.165, 1.54) is 4.21 Å². The molecule has 4 rings (SSSR count). The number of fused-ring (bicyclic) bond motifs is 1. The van der Waals surface area contributed by atoms with Gasteiger partial charge in [-0.2, -0.15) is 0 Å². The van der Waals surface area contributed by atoms with E-state index < -0.39 is 12.1 Å². The first kappa shape index (κ1) is 26.9. The van der Waals surface area contributed by atoms with Gasteiger partial charge in [0.1, 0.15) is 5.75 Å². The summed E-state index contributed by atoms with van der Waals surface area (Å²) in [7, 11) is 1.61. The van der Waals surface area contributed by atoms with E-state index in [1.807, 2.05) is 30.0 Å². The summed E-state index contributed by atoms with van der Waals surface area (Å²) >= 11 is 3.64. The third-order valence-corrected chi connectivity index (χ3v) is 9.40.